The standard InChI is InChI=1S/C11H12N2OS/c1-15-8-9-7-11(14)13(12-9)10-5-3-2-4-6-10/h2-6H,7-8H2,1H3. The van der Waals surface area contributed by atoms with Gasteiger partial charge in [-0.25, -0.2) is 5.01 Å². The fourth-order valence-electron chi connectivity index (χ4n) is 1.50. The molecule has 1 aromatic rings. The highest BCUT2D eigenvalue weighted by Crippen LogP contribution is 2.20. The molecule has 2 rings (SSSR count). The van der Waals surface area contributed by atoms with E-state index in [4.69, 9.17) is 0 Å². The number of rotatable bonds is 3. The number of carbonyl (C=O) groups excluding carboxylic acids is 1. The maximum atomic E-state index is 11.7. The van der Waals surface area contributed by atoms with E-state index in [1.807, 2.05) is 36.6 Å². The molecule has 0 radical (unpaired) electrons. The van der Waals surface area contributed by atoms with Gasteiger partial charge in [-0.05, 0) is 18.4 Å². The number of hydrazone groups is 1. The van der Waals surface area contributed by atoms with Crippen LogP contribution in [0, 0.1) is 0 Å². The van der Waals surface area contributed by atoms with Gasteiger partial charge in [-0.2, -0.15) is 16.9 Å². The van der Waals surface area contributed by atoms with Gasteiger partial charge in [-0.15, -0.1) is 0 Å². The molecular formula is C11H12N2OS. The predicted molar refractivity (Wildman–Crippen MR) is 64.4 cm³/mol. The van der Waals surface area contributed by atoms with Gasteiger partial charge in [0.1, 0.15) is 0 Å². The average Bonchev–Trinajstić information content (AvgIpc) is 2.61. The molecule has 78 valence electrons. The number of para-hydroxylation sites is 1. The average molecular weight is 220 g/mol. The molecule has 0 saturated heterocycles. The van der Waals surface area contributed by atoms with E-state index in [1.54, 1.807) is 11.8 Å². The molecule has 0 fully saturated rings. The summed E-state index contributed by atoms with van der Waals surface area (Å²) in [5.74, 6) is 0.889. The minimum absolute atomic E-state index is 0.0604. The van der Waals surface area contributed by atoms with Crippen molar-refractivity contribution >= 4 is 29.1 Å². The minimum Gasteiger partial charge on any atom is -0.272 e. The van der Waals surface area contributed by atoms with E-state index >= 15 is 0 Å². The summed E-state index contributed by atoms with van der Waals surface area (Å²) in [4.78, 5) is 11.7. The van der Waals surface area contributed by atoms with Crippen molar-refractivity contribution in [2.24, 2.45) is 5.10 Å². The third kappa shape index (κ3) is 2.21. The summed E-state index contributed by atoms with van der Waals surface area (Å²) in [7, 11) is 0. The normalized spacial score (nSPS) is 15.7. The lowest BCUT2D eigenvalue weighted by Gasteiger charge is -2.10. The third-order valence-corrected chi connectivity index (χ3v) is 2.77. The van der Waals surface area contributed by atoms with Gasteiger partial charge >= 0.3 is 0 Å². The highest BCUT2D eigenvalue weighted by molar-refractivity contribution is 7.99. The van der Waals surface area contributed by atoms with Crippen LogP contribution in [0.1, 0.15) is 6.42 Å². The van der Waals surface area contributed by atoms with Gasteiger partial charge in [0.2, 0.25) is 0 Å². The molecule has 0 N–H and O–H groups in total. The molecule has 0 bridgehead atoms. The zero-order valence-corrected chi connectivity index (χ0v) is 9.33. The van der Waals surface area contributed by atoms with Crippen molar-refractivity contribution in [1.82, 2.24) is 0 Å². The number of hydrogen-bond donors (Lipinski definition) is 0. The minimum atomic E-state index is 0.0604. The Balaban J connectivity index is 2.20. The van der Waals surface area contributed by atoms with E-state index in [0.717, 1.165) is 17.2 Å². The molecule has 1 aliphatic heterocycles. The molecule has 1 aromatic carbocycles. The van der Waals surface area contributed by atoms with Crippen LogP contribution in [0.25, 0.3) is 0 Å². The Morgan fingerprint density at radius 3 is 2.80 bits per heavy atom. The fourth-order valence-corrected chi connectivity index (χ4v) is 1.99. The number of anilines is 1. The molecule has 0 saturated carbocycles. The number of carbonyl (C=O) groups is 1. The van der Waals surface area contributed by atoms with Crippen LogP contribution in [0.15, 0.2) is 35.4 Å². The van der Waals surface area contributed by atoms with Gasteiger partial charge in [0, 0.05) is 5.75 Å². The summed E-state index contributed by atoms with van der Waals surface area (Å²) in [6, 6.07) is 9.53. The molecule has 1 heterocycles. The summed E-state index contributed by atoms with van der Waals surface area (Å²) >= 11 is 1.69. The van der Waals surface area contributed by atoms with Crippen LogP contribution in [-0.4, -0.2) is 23.6 Å². The number of thioether (sulfide) groups is 1. The van der Waals surface area contributed by atoms with E-state index in [1.165, 1.54) is 5.01 Å². The Labute approximate surface area is 93.2 Å². The fraction of sp³-hybridized carbons (Fsp3) is 0.273. The second-order valence-electron chi connectivity index (χ2n) is 3.32. The van der Waals surface area contributed by atoms with Gasteiger partial charge in [0.25, 0.3) is 5.91 Å². The predicted octanol–water partition coefficient (Wildman–Crippen LogP) is 2.14. The van der Waals surface area contributed by atoms with E-state index in [2.05, 4.69) is 5.10 Å². The van der Waals surface area contributed by atoms with Crippen LogP contribution in [0.5, 0.6) is 0 Å². The number of amides is 1. The summed E-state index contributed by atoms with van der Waals surface area (Å²) in [6.07, 6.45) is 2.47. The molecule has 0 spiro atoms. The maximum absolute atomic E-state index is 11.7. The molecule has 1 amide bonds. The lowest BCUT2D eigenvalue weighted by Crippen LogP contribution is -2.19. The quantitative estimate of drug-likeness (QED) is 0.781. The monoisotopic (exact) mass is 220 g/mol. The summed E-state index contributed by atoms with van der Waals surface area (Å²) in [5, 5.41) is 5.80. The van der Waals surface area contributed by atoms with E-state index in [0.29, 0.717) is 6.42 Å². The summed E-state index contributed by atoms with van der Waals surface area (Å²) < 4.78 is 0. The second kappa shape index (κ2) is 4.49. The van der Waals surface area contributed by atoms with Gasteiger partial charge in [0.15, 0.2) is 0 Å². The Bertz CT molecular complexity index is 389. The van der Waals surface area contributed by atoms with Crippen molar-refractivity contribution in [1.29, 1.82) is 0 Å². The summed E-state index contributed by atoms with van der Waals surface area (Å²) in [5.41, 5.74) is 1.80. The van der Waals surface area contributed by atoms with Crippen LogP contribution in [0.3, 0.4) is 0 Å². The summed E-state index contributed by atoms with van der Waals surface area (Å²) in [6.45, 7) is 0. The van der Waals surface area contributed by atoms with Crippen molar-refractivity contribution in [3.8, 4) is 0 Å². The number of nitrogens with zero attached hydrogens (tertiary/aromatic N) is 2. The van der Waals surface area contributed by atoms with Crippen molar-refractivity contribution < 1.29 is 4.79 Å². The number of hydrogen-bond acceptors (Lipinski definition) is 3. The van der Waals surface area contributed by atoms with Crippen LogP contribution in [0.2, 0.25) is 0 Å². The molecule has 3 nitrogen and oxygen atoms in total. The van der Waals surface area contributed by atoms with Crippen molar-refractivity contribution in [2.45, 2.75) is 6.42 Å². The first-order chi connectivity index (χ1) is 7.31. The van der Waals surface area contributed by atoms with Crippen LogP contribution in [-0.2, 0) is 4.79 Å². The zero-order valence-electron chi connectivity index (χ0n) is 8.51. The molecule has 0 unspecified atom stereocenters. The highest BCUT2D eigenvalue weighted by Gasteiger charge is 2.24. The first-order valence-electron chi connectivity index (χ1n) is 4.74. The lowest BCUT2D eigenvalue weighted by molar-refractivity contribution is -0.116. The molecule has 0 aliphatic carbocycles. The molecule has 0 atom stereocenters. The Hall–Kier alpha value is -1.29. The van der Waals surface area contributed by atoms with Gasteiger partial charge in [-0.3, -0.25) is 4.79 Å². The second-order valence-corrected chi connectivity index (χ2v) is 4.18. The first kappa shape index (κ1) is 10.2. The lowest BCUT2D eigenvalue weighted by atomic mass is 10.3. The topological polar surface area (TPSA) is 32.7 Å². The molecule has 15 heavy (non-hydrogen) atoms. The van der Waals surface area contributed by atoms with E-state index < -0.39 is 0 Å². The smallest absolute Gasteiger partial charge is 0.253 e. The largest absolute Gasteiger partial charge is 0.272 e. The first-order valence-corrected chi connectivity index (χ1v) is 6.14. The molecule has 0 aromatic heterocycles. The highest BCUT2D eigenvalue weighted by atomic mass is 32.2. The third-order valence-electron chi connectivity index (χ3n) is 2.14. The van der Waals surface area contributed by atoms with Gasteiger partial charge in [-0.1, -0.05) is 18.2 Å². The Morgan fingerprint density at radius 1 is 1.40 bits per heavy atom. The van der Waals surface area contributed by atoms with Crippen molar-refractivity contribution in [3.05, 3.63) is 30.3 Å². The van der Waals surface area contributed by atoms with Crippen LogP contribution < -0.4 is 5.01 Å². The molecular weight excluding hydrogens is 208 g/mol. The van der Waals surface area contributed by atoms with E-state index in [-0.39, 0.29) is 5.91 Å². The van der Waals surface area contributed by atoms with E-state index in [9.17, 15) is 4.79 Å². The van der Waals surface area contributed by atoms with Crippen molar-refractivity contribution in [3.63, 3.8) is 0 Å². The number of benzene rings is 1. The van der Waals surface area contributed by atoms with Crippen molar-refractivity contribution in [2.75, 3.05) is 17.0 Å². The van der Waals surface area contributed by atoms with Crippen LogP contribution in [0.4, 0.5) is 5.69 Å². The zero-order chi connectivity index (χ0) is 10.7. The van der Waals surface area contributed by atoms with Crippen LogP contribution >= 0.6 is 11.8 Å². The SMILES string of the molecule is CSCC1=NN(c2ccccc2)C(=O)C1. The Morgan fingerprint density at radius 2 is 2.13 bits per heavy atom. The molecule has 4 heteroatoms. The van der Waals surface area contributed by atoms with Gasteiger partial charge in [0.05, 0.1) is 17.8 Å². The molecule has 1 aliphatic rings. The van der Waals surface area contributed by atoms with Gasteiger partial charge < -0.3 is 0 Å². The Kier molecular flexibility index (Phi) is 3.06. The maximum Gasteiger partial charge on any atom is 0.253 e.